The summed E-state index contributed by atoms with van der Waals surface area (Å²) in [5, 5.41) is 48.2. The van der Waals surface area contributed by atoms with E-state index in [2.05, 4.69) is 20.6 Å². The van der Waals surface area contributed by atoms with Crippen LogP contribution in [0.4, 0.5) is 11.4 Å². The van der Waals surface area contributed by atoms with Gasteiger partial charge in [-0.3, -0.25) is 19.6 Å². The molecule has 54 heavy (non-hydrogen) atoms. The first kappa shape index (κ1) is 38.9. The number of amides is 2. The maximum absolute atomic E-state index is 13.0. The van der Waals surface area contributed by atoms with Crippen LogP contribution in [0.3, 0.4) is 0 Å². The predicted octanol–water partition coefficient (Wildman–Crippen LogP) is 5.08. The molecule has 2 aromatic carbocycles. The van der Waals surface area contributed by atoms with E-state index in [9.17, 15) is 30.0 Å². The summed E-state index contributed by atoms with van der Waals surface area (Å²) >= 11 is 23.9. The molecule has 4 bridgehead atoms. The molecule has 16 heteroatoms. The number of aliphatic hydroxyl groups excluding tert-OH is 4. The number of ether oxygens (including phenoxy) is 2. The van der Waals surface area contributed by atoms with Crippen molar-refractivity contribution in [3.05, 3.63) is 116 Å². The van der Waals surface area contributed by atoms with Crippen molar-refractivity contribution in [2.24, 2.45) is 11.8 Å². The number of nitrogens with zero attached hydrogens (tertiary/aromatic N) is 2. The number of carbonyl (C=O) groups is 2. The topological polar surface area (TPSA) is 183 Å². The number of nitrogens with one attached hydrogen (secondary N) is 2. The van der Waals surface area contributed by atoms with Gasteiger partial charge in [0.15, 0.2) is 0 Å². The van der Waals surface area contributed by atoms with Crippen molar-refractivity contribution in [3.8, 4) is 0 Å². The van der Waals surface area contributed by atoms with Crippen LogP contribution in [0.1, 0.15) is 34.4 Å². The SMILES string of the molecule is Cc1cc([C@@H]2[C@@H]3O[C@@H]([C@@H](O)[C@H]3O)[C@H]2C(=O)Nc2ccc(Cl)c(Cl)c2)ccn1.Cc1cc([C@H]2[C@H]3O[C@H]([C@H](O)[C@@H]3O)[C@@H]2C(=O)Nc2ccc(Cl)c(Cl)c2)ccn1. The monoisotopic (exact) mass is 816 g/mol. The van der Waals surface area contributed by atoms with Gasteiger partial charge in [-0.2, -0.15) is 0 Å². The number of hydrogen-bond donors (Lipinski definition) is 6. The molecule has 0 radical (unpaired) electrons. The Morgan fingerprint density at radius 2 is 0.926 bits per heavy atom. The van der Waals surface area contributed by atoms with Gasteiger partial charge in [-0.25, -0.2) is 0 Å². The number of halogens is 4. The summed E-state index contributed by atoms with van der Waals surface area (Å²) in [6.07, 6.45) is -3.87. The number of aryl methyl sites for hydroxylation is 2. The van der Waals surface area contributed by atoms with Crippen LogP contribution in [0.25, 0.3) is 0 Å². The largest absolute Gasteiger partial charge is 0.388 e. The van der Waals surface area contributed by atoms with E-state index in [1.54, 1.807) is 60.9 Å². The Labute approximate surface area is 330 Å². The summed E-state index contributed by atoms with van der Waals surface area (Å²) in [5.74, 6) is -2.73. The van der Waals surface area contributed by atoms with Gasteiger partial charge in [0.2, 0.25) is 11.8 Å². The predicted molar refractivity (Wildman–Crippen MR) is 202 cm³/mol. The molecular weight excluding hydrogens is 782 g/mol. The molecule has 4 aromatic rings. The van der Waals surface area contributed by atoms with Crippen molar-refractivity contribution < 1.29 is 39.5 Å². The van der Waals surface area contributed by atoms with Gasteiger partial charge < -0.3 is 40.5 Å². The van der Waals surface area contributed by atoms with E-state index in [1.807, 2.05) is 26.0 Å². The molecule has 284 valence electrons. The van der Waals surface area contributed by atoms with Gasteiger partial charge in [0.1, 0.15) is 24.4 Å². The molecule has 0 unspecified atom stereocenters. The van der Waals surface area contributed by atoms with Crippen LogP contribution in [-0.2, 0) is 19.1 Å². The quantitative estimate of drug-likeness (QED) is 0.154. The fourth-order valence-corrected chi connectivity index (χ4v) is 8.63. The number of fused-ring (bicyclic) bond motifs is 4. The molecule has 8 rings (SSSR count). The second-order valence-corrected chi connectivity index (χ2v) is 15.5. The Kier molecular flexibility index (Phi) is 11.2. The van der Waals surface area contributed by atoms with Crippen LogP contribution in [0.5, 0.6) is 0 Å². The Bertz CT molecular complexity index is 1930. The number of pyridine rings is 2. The average molecular weight is 819 g/mol. The molecule has 6 N–H and O–H groups in total. The molecule has 0 saturated carbocycles. The number of aromatic nitrogens is 2. The Hall–Kier alpha value is -3.40. The minimum absolute atomic E-state index is 0.314. The summed E-state index contributed by atoms with van der Waals surface area (Å²) in [6, 6.07) is 17.0. The molecule has 4 fully saturated rings. The molecular formula is C38H36Cl4N4O8. The molecule has 4 aliphatic heterocycles. The zero-order chi connectivity index (χ0) is 38.6. The number of aliphatic hydroxyl groups is 4. The molecule has 12 atom stereocenters. The lowest BCUT2D eigenvalue weighted by Gasteiger charge is -2.33. The van der Waals surface area contributed by atoms with Gasteiger partial charge in [0.25, 0.3) is 0 Å². The first-order valence-electron chi connectivity index (χ1n) is 17.1. The van der Waals surface area contributed by atoms with Crippen molar-refractivity contribution in [1.29, 1.82) is 0 Å². The summed E-state index contributed by atoms with van der Waals surface area (Å²) in [7, 11) is 0. The number of rotatable bonds is 6. The van der Waals surface area contributed by atoms with Crippen LogP contribution in [0, 0.1) is 25.7 Å². The third-order valence-electron chi connectivity index (χ3n) is 10.5. The van der Waals surface area contributed by atoms with Crippen molar-refractivity contribution >= 4 is 69.6 Å². The van der Waals surface area contributed by atoms with Crippen LogP contribution in [0.15, 0.2) is 73.1 Å². The minimum Gasteiger partial charge on any atom is -0.388 e. The molecule has 2 amide bonds. The zero-order valence-corrected chi connectivity index (χ0v) is 31.7. The van der Waals surface area contributed by atoms with Crippen LogP contribution in [-0.4, -0.2) is 91.0 Å². The molecule has 0 aliphatic carbocycles. The first-order valence-corrected chi connectivity index (χ1v) is 18.6. The summed E-state index contributed by atoms with van der Waals surface area (Å²) < 4.78 is 11.6. The van der Waals surface area contributed by atoms with Crippen molar-refractivity contribution in [1.82, 2.24) is 9.97 Å². The van der Waals surface area contributed by atoms with E-state index in [0.717, 1.165) is 22.5 Å². The highest BCUT2D eigenvalue weighted by molar-refractivity contribution is 6.42. The molecule has 4 aliphatic rings. The van der Waals surface area contributed by atoms with Gasteiger partial charge in [-0.05, 0) is 85.6 Å². The Morgan fingerprint density at radius 3 is 1.28 bits per heavy atom. The third kappa shape index (κ3) is 7.33. The zero-order valence-electron chi connectivity index (χ0n) is 28.7. The highest BCUT2D eigenvalue weighted by Crippen LogP contribution is 2.51. The normalized spacial score (nSPS) is 31.9. The maximum Gasteiger partial charge on any atom is 0.230 e. The number of benzene rings is 2. The smallest absolute Gasteiger partial charge is 0.230 e. The third-order valence-corrected chi connectivity index (χ3v) is 11.9. The van der Waals surface area contributed by atoms with Crippen LogP contribution >= 0.6 is 46.4 Å². The number of anilines is 2. The molecule has 4 saturated heterocycles. The maximum atomic E-state index is 13.0. The van der Waals surface area contributed by atoms with E-state index in [4.69, 9.17) is 55.9 Å². The highest BCUT2D eigenvalue weighted by Gasteiger charge is 2.63. The second kappa shape index (κ2) is 15.6. The van der Waals surface area contributed by atoms with Crippen molar-refractivity contribution in [2.75, 3.05) is 10.6 Å². The summed E-state index contributed by atoms with van der Waals surface area (Å²) in [6.45, 7) is 3.71. The molecule has 12 nitrogen and oxygen atoms in total. The van der Waals surface area contributed by atoms with E-state index < -0.39 is 72.5 Å². The van der Waals surface area contributed by atoms with Gasteiger partial charge in [0, 0.05) is 47.0 Å². The molecule has 2 aromatic heterocycles. The fraction of sp³-hybridized carbons (Fsp3) is 0.368. The van der Waals surface area contributed by atoms with E-state index in [0.29, 0.717) is 31.5 Å². The second-order valence-electron chi connectivity index (χ2n) is 13.9. The van der Waals surface area contributed by atoms with Crippen LogP contribution < -0.4 is 10.6 Å². The van der Waals surface area contributed by atoms with Crippen molar-refractivity contribution in [3.63, 3.8) is 0 Å². The highest BCUT2D eigenvalue weighted by atomic mass is 35.5. The Morgan fingerprint density at radius 1 is 0.556 bits per heavy atom. The molecule has 0 spiro atoms. The van der Waals surface area contributed by atoms with E-state index in [-0.39, 0.29) is 11.8 Å². The van der Waals surface area contributed by atoms with Gasteiger partial charge in [-0.1, -0.05) is 46.4 Å². The molecule has 6 heterocycles. The Balaban J connectivity index is 0.000000167. The lowest BCUT2D eigenvalue weighted by Crippen LogP contribution is -2.49. The van der Waals surface area contributed by atoms with Crippen molar-refractivity contribution in [2.45, 2.75) is 74.5 Å². The number of carbonyl (C=O) groups excluding carboxylic acids is 2. The van der Waals surface area contributed by atoms with E-state index in [1.165, 1.54) is 0 Å². The average Bonchev–Trinajstić information content (AvgIpc) is 3.88. The number of hydrogen-bond acceptors (Lipinski definition) is 10. The van der Waals surface area contributed by atoms with Gasteiger partial charge in [-0.15, -0.1) is 0 Å². The van der Waals surface area contributed by atoms with Crippen LogP contribution in [0.2, 0.25) is 20.1 Å². The lowest BCUT2D eigenvalue weighted by molar-refractivity contribution is -0.125. The summed E-state index contributed by atoms with van der Waals surface area (Å²) in [4.78, 5) is 34.5. The minimum atomic E-state index is -1.11. The first-order chi connectivity index (χ1) is 25.7. The standard InChI is InChI=1S/2C19H18Cl2N2O4/c2*1-8-6-9(4-5-22-8)13-14(18-16(25)15(24)17(13)27-18)19(26)23-10-2-3-11(20)12(21)7-10/h2*2-7,13-18,24-25H,1H3,(H,23,26)/t2*13-,14-,15+,16-,17-,18+/m10/s1. The van der Waals surface area contributed by atoms with Gasteiger partial charge in [0.05, 0.1) is 56.3 Å². The van der Waals surface area contributed by atoms with E-state index >= 15 is 0 Å². The summed E-state index contributed by atoms with van der Waals surface area (Å²) in [5.41, 5.74) is 4.28. The fourth-order valence-electron chi connectivity index (χ4n) is 8.04. The lowest BCUT2D eigenvalue weighted by atomic mass is 9.72. The van der Waals surface area contributed by atoms with Gasteiger partial charge >= 0.3 is 0 Å².